The van der Waals surface area contributed by atoms with Crippen LogP contribution in [0.25, 0.3) is 11.3 Å². The van der Waals surface area contributed by atoms with Crippen molar-refractivity contribution in [2.24, 2.45) is 5.10 Å². The largest absolute Gasteiger partial charge is 0.488 e. The summed E-state index contributed by atoms with van der Waals surface area (Å²) in [7, 11) is 0. The maximum Gasteiger partial charge on any atom is 0.271 e. The van der Waals surface area contributed by atoms with Crippen LogP contribution in [0.1, 0.15) is 21.5 Å². The highest BCUT2D eigenvalue weighted by atomic mass is 35.5. The summed E-state index contributed by atoms with van der Waals surface area (Å²) in [4.78, 5) is 17.3. The molecule has 6 nitrogen and oxygen atoms in total. The molecule has 0 bridgehead atoms. The number of halogens is 2. The van der Waals surface area contributed by atoms with Crippen LogP contribution in [-0.4, -0.2) is 17.1 Å². The van der Waals surface area contributed by atoms with Crippen LogP contribution >= 0.6 is 34.5 Å². The molecule has 0 spiro atoms. The summed E-state index contributed by atoms with van der Waals surface area (Å²) in [5.41, 5.74) is 7.38. The van der Waals surface area contributed by atoms with Crippen LogP contribution in [0.15, 0.2) is 108 Å². The van der Waals surface area contributed by atoms with Gasteiger partial charge in [0.1, 0.15) is 12.4 Å². The Bertz CT molecular complexity index is 1600. The Morgan fingerprint density at radius 1 is 0.923 bits per heavy atom. The number of amides is 1. The van der Waals surface area contributed by atoms with Crippen molar-refractivity contribution in [2.45, 2.75) is 6.61 Å². The Hall–Kier alpha value is -4.17. The Morgan fingerprint density at radius 2 is 1.72 bits per heavy atom. The van der Waals surface area contributed by atoms with E-state index < -0.39 is 0 Å². The number of hydrazone groups is 1. The Kier molecular flexibility index (Phi) is 8.53. The first-order valence-corrected chi connectivity index (χ1v) is 13.6. The SMILES string of the molecule is O=C(N/N=C\c1ccccc1OCc1cccc(Cl)c1)c1ccc(-c2csc(Nc3ccc(Cl)cc3)n2)cc1. The maximum atomic E-state index is 12.6. The molecule has 0 saturated carbocycles. The fourth-order valence-electron chi connectivity index (χ4n) is 3.64. The van der Waals surface area contributed by atoms with E-state index in [0.717, 1.165) is 33.2 Å². The van der Waals surface area contributed by atoms with E-state index in [9.17, 15) is 4.79 Å². The lowest BCUT2D eigenvalue weighted by atomic mass is 10.1. The van der Waals surface area contributed by atoms with Gasteiger partial charge in [0.15, 0.2) is 5.13 Å². The van der Waals surface area contributed by atoms with Crippen LogP contribution in [0.4, 0.5) is 10.8 Å². The minimum atomic E-state index is -0.321. The van der Waals surface area contributed by atoms with Crippen LogP contribution < -0.4 is 15.5 Å². The highest BCUT2D eigenvalue weighted by Gasteiger charge is 2.09. The van der Waals surface area contributed by atoms with Crippen molar-refractivity contribution in [3.8, 4) is 17.0 Å². The van der Waals surface area contributed by atoms with Gasteiger partial charge >= 0.3 is 0 Å². The number of hydrogen-bond acceptors (Lipinski definition) is 6. The molecule has 1 aromatic heterocycles. The molecule has 0 aliphatic carbocycles. The second-order valence-electron chi connectivity index (χ2n) is 8.40. The van der Waals surface area contributed by atoms with Crippen LogP contribution in [0, 0.1) is 0 Å². The van der Waals surface area contributed by atoms with E-state index in [2.05, 4.69) is 20.8 Å². The molecule has 4 aromatic carbocycles. The topological polar surface area (TPSA) is 75.6 Å². The Labute approximate surface area is 239 Å². The molecule has 0 radical (unpaired) electrons. The number of ether oxygens (including phenoxy) is 1. The van der Waals surface area contributed by atoms with Crippen molar-refractivity contribution in [1.29, 1.82) is 0 Å². The number of benzene rings is 4. The molecule has 2 N–H and O–H groups in total. The number of carbonyl (C=O) groups is 1. The number of anilines is 2. The monoisotopic (exact) mass is 572 g/mol. The van der Waals surface area contributed by atoms with Gasteiger partial charge in [-0.3, -0.25) is 4.79 Å². The summed E-state index contributed by atoms with van der Waals surface area (Å²) in [6.45, 7) is 0.363. The fourth-order valence-corrected chi connectivity index (χ4v) is 4.72. The third-order valence-corrected chi connectivity index (χ3v) is 6.86. The van der Waals surface area contributed by atoms with Crippen molar-refractivity contribution in [3.63, 3.8) is 0 Å². The quantitative estimate of drug-likeness (QED) is 0.138. The molecule has 194 valence electrons. The number of nitrogens with zero attached hydrogens (tertiary/aromatic N) is 2. The Balaban J connectivity index is 1.18. The van der Waals surface area contributed by atoms with Crippen LogP contribution in [0.5, 0.6) is 5.75 Å². The van der Waals surface area contributed by atoms with Crippen molar-refractivity contribution in [2.75, 3.05) is 5.32 Å². The number of para-hydroxylation sites is 1. The third-order valence-electron chi connectivity index (χ3n) is 5.61. The van der Waals surface area contributed by atoms with Gasteiger partial charge in [-0.05, 0) is 66.2 Å². The molecule has 0 fully saturated rings. The van der Waals surface area contributed by atoms with E-state index in [0.29, 0.717) is 28.0 Å². The highest BCUT2D eigenvalue weighted by Crippen LogP contribution is 2.28. The molecule has 5 aromatic rings. The number of rotatable bonds is 9. The summed E-state index contributed by atoms with van der Waals surface area (Å²) in [6.07, 6.45) is 1.56. The van der Waals surface area contributed by atoms with Crippen LogP contribution in [0.3, 0.4) is 0 Å². The molecule has 39 heavy (non-hydrogen) atoms. The first-order valence-electron chi connectivity index (χ1n) is 11.9. The van der Waals surface area contributed by atoms with Gasteiger partial charge in [0.25, 0.3) is 5.91 Å². The lowest BCUT2D eigenvalue weighted by molar-refractivity contribution is 0.0955. The first-order chi connectivity index (χ1) is 19.0. The average molecular weight is 574 g/mol. The van der Waals surface area contributed by atoms with E-state index in [-0.39, 0.29) is 5.91 Å². The van der Waals surface area contributed by atoms with Crippen molar-refractivity contribution in [1.82, 2.24) is 10.4 Å². The van der Waals surface area contributed by atoms with E-state index in [1.54, 1.807) is 18.3 Å². The number of nitrogens with one attached hydrogen (secondary N) is 2. The fraction of sp³-hybridized carbons (Fsp3) is 0.0333. The number of hydrogen-bond donors (Lipinski definition) is 2. The zero-order valence-electron chi connectivity index (χ0n) is 20.5. The third kappa shape index (κ3) is 7.23. The molecule has 0 aliphatic rings. The van der Waals surface area contributed by atoms with Gasteiger partial charge in [0.2, 0.25) is 0 Å². The number of carbonyl (C=O) groups excluding carboxylic acids is 1. The minimum absolute atomic E-state index is 0.321. The standard InChI is InChI=1S/C30H22Cl2N4O2S/c31-24-12-14-26(15-13-24)34-30-35-27(19-39-30)21-8-10-22(11-9-21)29(37)36-33-17-23-5-1-2-7-28(23)38-18-20-4-3-6-25(32)16-20/h1-17,19H,18H2,(H,34,35)(H,36,37)/b33-17-. The smallest absolute Gasteiger partial charge is 0.271 e. The molecule has 1 amide bonds. The zero-order chi connectivity index (χ0) is 27.0. The van der Waals surface area contributed by atoms with Gasteiger partial charge in [-0.2, -0.15) is 5.10 Å². The second-order valence-corrected chi connectivity index (χ2v) is 10.1. The molecular formula is C30H22Cl2N4O2S. The van der Waals surface area contributed by atoms with Gasteiger partial charge in [-0.15, -0.1) is 11.3 Å². The van der Waals surface area contributed by atoms with Crippen LogP contribution in [0.2, 0.25) is 10.0 Å². The first kappa shape index (κ1) is 26.4. The molecule has 0 unspecified atom stereocenters. The van der Waals surface area contributed by atoms with Gasteiger partial charge < -0.3 is 10.1 Å². The highest BCUT2D eigenvalue weighted by molar-refractivity contribution is 7.14. The average Bonchev–Trinajstić information content (AvgIpc) is 3.42. The van der Waals surface area contributed by atoms with Gasteiger partial charge in [-0.25, -0.2) is 10.4 Å². The van der Waals surface area contributed by atoms with E-state index in [1.165, 1.54) is 11.3 Å². The summed E-state index contributed by atoms with van der Waals surface area (Å²) >= 11 is 13.5. The molecule has 9 heteroatoms. The van der Waals surface area contributed by atoms with Crippen molar-refractivity contribution >= 4 is 57.5 Å². The molecule has 5 rings (SSSR count). The summed E-state index contributed by atoms with van der Waals surface area (Å²) in [5.74, 6) is 0.325. The summed E-state index contributed by atoms with van der Waals surface area (Å²) < 4.78 is 5.94. The minimum Gasteiger partial charge on any atom is -0.488 e. The molecule has 0 saturated heterocycles. The predicted octanol–water partition coefficient (Wildman–Crippen LogP) is 8.20. The van der Waals surface area contributed by atoms with Crippen molar-refractivity contribution in [3.05, 3.63) is 129 Å². The second kappa shape index (κ2) is 12.6. The molecular weight excluding hydrogens is 551 g/mol. The van der Waals surface area contributed by atoms with Crippen LogP contribution in [-0.2, 0) is 6.61 Å². The van der Waals surface area contributed by atoms with E-state index in [1.807, 2.05) is 90.3 Å². The van der Waals surface area contributed by atoms with E-state index in [4.69, 9.17) is 27.9 Å². The molecule has 1 heterocycles. The zero-order valence-corrected chi connectivity index (χ0v) is 22.8. The molecule has 0 atom stereocenters. The number of thiazole rings is 1. The van der Waals surface area contributed by atoms with Crippen molar-refractivity contribution < 1.29 is 9.53 Å². The Morgan fingerprint density at radius 3 is 2.51 bits per heavy atom. The predicted molar refractivity (Wildman–Crippen MR) is 160 cm³/mol. The van der Waals surface area contributed by atoms with E-state index >= 15 is 0 Å². The number of aromatic nitrogens is 1. The van der Waals surface area contributed by atoms with Gasteiger partial charge in [0, 0.05) is 37.8 Å². The lowest BCUT2D eigenvalue weighted by Gasteiger charge is -2.09. The van der Waals surface area contributed by atoms with Gasteiger partial charge in [-0.1, -0.05) is 59.6 Å². The summed E-state index contributed by atoms with van der Waals surface area (Å²) in [5, 5.41) is 11.5. The maximum absolute atomic E-state index is 12.6. The molecule has 0 aliphatic heterocycles. The normalized spacial score (nSPS) is 10.9. The summed E-state index contributed by atoms with van der Waals surface area (Å²) in [6, 6.07) is 29.6. The van der Waals surface area contributed by atoms with Gasteiger partial charge in [0.05, 0.1) is 11.9 Å². The lowest BCUT2D eigenvalue weighted by Crippen LogP contribution is -2.17.